The van der Waals surface area contributed by atoms with Gasteiger partial charge in [0.05, 0.1) is 0 Å². The van der Waals surface area contributed by atoms with Crippen molar-refractivity contribution in [2.24, 2.45) is 34.3 Å². The van der Waals surface area contributed by atoms with Gasteiger partial charge >= 0.3 is 0 Å². The van der Waals surface area contributed by atoms with E-state index in [-0.39, 0.29) is 10.8 Å². The SMILES string of the molecule is C[C@]12C=CC(N)=CC1=CC[C@@H]1[C@H]2CC[C@]2(C)C(=O)CC[C@@H]12. The molecule has 0 aromatic rings. The van der Waals surface area contributed by atoms with Crippen molar-refractivity contribution < 1.29 is 4.79 Å². The second-order valence-electron chi connectivity index (χ2n) is 7.95. The van der Waals surface area contributed by atoms with E-state index in [2.05, 4.69) is 38.2 Å². The standard InChI is InChI=1S/C19H25NO/c1-18-9-7-13(20)11-12(18)3-4-14-15-5-6-17(21)19(15,2)10-8-16(14)18/h3,7,9,11,14-16H,4-6,8,10,20H2,1-2H3/t14-,15-,16+,18-,19-/m0/s1. The first-order valence-electron chi connectivity index (χ1n) is 8.35. The van der Waals surface area contributed by atoms with Crippen LogP contribution in [0.15, 0.2) is 35.6 Å². The average Bonchev–Trinajstić information content (AvgIpc) is 2.76. The zero-order valence-corrected chi connectivity index (χ0v) is 13.1. The Morgan fingerprint density at radius 1 is 1.24 bits per heavy atom. The largest absolute Gasteiger partial charge is 0.399 e. The topological polar surface area (TPSA) is 43.1 Å². The summed E-state index contributed by atoms with van der Waals surface area (Å²) in [5.74, 6) is 2.45. The molecule has 0 aliphatic heterocycles. The summed E-state index contributed by atoms with van der Waals surface area (Å²) in [4.78, 5) is 12.4. The Morgan fingerprint density at radius 3 is 2.86 bits per heavy atom. The van der Waals surface area contributed by atoms with Crippen molar-refractivity contribution in [1.82, 2.24) is 0 Å². The van der Waals surface area contributed by atoms with Crippen LogP contribution in [0.5, 0.6) is 0 Å². The number of rotatable bonds is 0. The monoisotopic (exact) mass is 283 g/mol. The molecule has 2 fully saturated rings. The molecule has 0 bridgehead atoms. The van der Waals surface area contributed by atoms with Gasteiger partial charge in [-0.1, -0.05) is 26.0 Å². The van der Waals surface area contributed by atoms with E-state index < -0.39 is 0 Å². The van der Waals surface area contributed by atoms with Gasteiger partial charge in [0.2, 0.25) is 0 Å². The lowest BCUT2D eigenvalue weighted by Gasteiger charge is -2.54. The summed E-state index contributed by atoms with van der Waals surface area (Å²) in [5, 5.41) is 0. The van der Waals surface area contributed by atoms with Crippen molar-refractivity contribution in [3.05, 3.63) is 35.6 Å². The van der Waals surface area contributed by atoms with Crippen molar-refractivity contribution in [2.45, 2.75) is 46.0 Å². The van der Waals surface area contributed by atoms with E-state index >= 15 is 0 Å². The maximum Gasteiger partial charge on any atom is 0.139 e. The van der Waals surface area contributed by atoms with Crippen molar-refractivity contribution in [2.75, 3.05) is 0 Å². The molecule has 0 aromatic heterocycles. The molecule has 0 radical (unpaired) electrons. The van der Waals surface area contributed by atoms with Crippen LogP contribution in [0.1, 0.15) is 46.0 Å². The molecule has 2 saturated carbocycles. The van der Waals surface area contributed by atoms with Crippen LogP contribution in [-0.2, 0) is 4.79 Å². The van der Waals surface area contributed by atoms with Gasteiger partial charge in [0, 0.05) is 22.9 Å². The van der Waals surface area contributed by atoms with E-state index in [9.17, 15) is 4.79 Å². The highest BCUT2D eigenvalue weighted by Crippen LogP contribution is 2.62. The summed E-state index contributed by atoms with van der Waals surface area (Å²) in [5.41, 5.74) is 8.34. The number of fused-ring (bicyclic) bond motifs is 5. The lowest BCUT2D eigenvalue weighted by Crippen LogP contribution is -2.48. The first kappa shape index (κ1) is 13.4. The zero-order chi connectivity index (χ0) is 14.8. The van der Waals surface area contributed by atoms with Gasteiger partial charge in [0.25, 0.3) is 0 Å². The van der Waals surface area contributed by atoms with Gasteiger partial charge in [-0.15, -0.1) is 0 Å². The predicted molar refractivity (Wildman–Crippen MR) is 84.3 cm³/mol. The van der Waals surface area contributed by atoms with E-state index in [1.165, 1.54) is 12.0 Å². The highest BCUT2D eigenvalue weighted by molar-refractivity contribution is 5.87. The smallest absolute Gasteiger partial charge is 0.139 e. The van der Waals surface area contributed by atoms with Crippen LogP contribution in [0.3, 0.4) is 0 Å². The maximum atomic E-state index is 12.4. The van der Waals surface area contributed by atoms with Crippen LogP contribution in [-0.4, -0.2) is 5.78 Å². The number of hydrogen-bond acceptors (Lipinski definition) is 2. The molecule has 4 aliphatic rings. The van der Waals surface area contributed by atoms with Gasteiger partial charge in [-0.3, -0.25) is 4.79 Å². The minimum Gasteiger partial charge on any atom is -0.399 e. The molecule has 4 aliphatic carbocycles. The van der Waals surface area contributed by atoms with E-state index in [1.807, 2.05) is 0 Å². The Hall–Kier alpha value is -1.31. The highest BCUT2D eigenvalue weighted by Gasteiger charge is 2.57. The van der Waals surface area contributed by atoms with Gasteiger partial charge in [-0.25, -0.2) is 0 Å². The summed E-state index contributed by atoms with van der Waals surface area (Å²) in [6.45, 7) is 4.61. The molecule has 5 atom stereocenters. The summed E-state index contributed by atoms with van der Waals surface area (Å²) < 4.78 is 0. The third-order valence-electron chi connectivity index (χ3n) is 7.09. The van der Waals surface area contributed by atoms with Gasteiger partial charge < -0.3 is 5.73 Å². The number of ketones is 1. The molecular weight excluding hydrogens is 258 g/mol. The van der Waals surface area contributed by atoms with Crippen LogP contribution >= 0.6 is 0 Å². The summed E-state index contributed by atoms with van der Waals surface area (Å²) in [6, 6.07) is 0. The molecule has 0 saturated heterocycles. The average molecular weight is 283 g/mol. The van der Waals surface area contributed by atoms with Crippen LogP contribution in [0.4, 0.5) is 0 Å². The normalized spacial score (nSPS) is 48.1. The minimum atomic E-state index is -0.0316. The van der Waals surface area contributed by atoms with Crippen molar-refractivity contribution >= 4 is 5.78 Å². The van der Waals surface area contributed by atoms with Crippen LogP contribution in [0.2, 0.25) is 0 Å². The Labute approximate surface area is 127 Å². The van der Waals surface area contributed by atoms with Crippen LogP contribution < -0.4 is 5.73 Å². The molecule has 2 heteroatoms. The van der Waals surface area contributed by atoms with Crippen LogP contribution in [0, 0.1) is 28.6 Å². The third kappa shape index (κ3) is 1.62. The van der Waals surface area contributed by atoms with Gasteiger partial charge in [0.15, 0.2) is 0 Å². The van der Waals surface area contributed by atoms with Crippen molar-refractivity contribution in [1.29, 1.82) is 0 Å². The molecule has 0 aromatic carbocycles. The molecule has 2 nitrogen and oxygen atoms in total. The molecule has 112 valence electrons. The molecule has 0 unspecified atom stereocenters. The predicted octanol–water partition coefficient (Wildman–Crippen LogP) is 3.75. The minimum absolute atomic E-state index is 0.0316. The number of Topliss-reactive ketones (excluding diaryl/α,β-unsaturated/α-hetero) is 1. The highest BCUT2D eigenvalue weighted by atomic mass is 16.1. The molecule has 4 rings (SSSR count). The van der Waals surface area contributed by atoms with E-state index in [0.717, 1.165) is 31.4 Å². The summed E-state index contributed by atoms with van der Waals surface area (Å²) >= 11 is 0. The lowest BCUT2D eigenvalue weighted by atomic mass is 9.50. The van der Waals surface area contributed by atoms with Gasteiger partial charge in [0.1, 0.15) is 5.78 Å². The number of allylic oxidation sites excluding steroid dienone is 5. The van der Waals surface area contributed by atoms with Gasteiger partial charge in [-0.05, 0) is 61.2 Å². The van der Waals surface area contributed by atoms with Gasteiger partial charge in [-0.2, -0.15) is 0 Å². The fraction of sp³-hybridized carbons (Fsp3) is 0.632. The van der Waals surface area contributed by atoms with Crippen molar-refractivity contribution in [3.63, 3.8) is 0 Å². The number of carbonyl (C=O) groups is 1. The number of nitrogens with two attached hydrogens (primary N) is 1. The number of hydrogen-bond donors (Lipinski definition) is 1. The summed E-state index contributed by atoms with van der Waals surface area (Å²) in [7, 11) is 0. The quantitative estimate of drug-likeness (QED) is 0.736. The van der Waals surface area contributed by atoms with E-state index in [1.54, 1.807) is 0 Å². The first-order chi connectivity index (χ1) is 9.95. The fourth-order valence-electron chi connectivity index (χ4n) is 5.76. The molecule has 0 heterocycles. The third-order valence-corrected chi connectivity index (χ3v) is 7.09. The summed E-state index contributed by atoms with van der Waals surface area (Å²) in [6.07, 6.45) is 14.2. The molecular formula is C19H25NO. The second-order valence-corrected chi connectivity index (χ2v) is 7.95. The Bertz CT molecular complexity index is 599. The Morgan fingerprint density at radius 2 is 2.05 bits per heavy atom. The fourth-order valence-corrected chi connectivity index (χ4v) is 5.76. The van der Waals surface area contributed by atoms with E-state index in [4.69, 9.17) is 5.73 Å². The molecule has 2 N–H and O–H groups in total. The lowest BCUT2D eigenvalue weighted by molar-refractivity contribution is -0.131. The number of carbonyl (C=O) groups excluding carboxylic acids is 1. The van der Waals surface area contributed by atoms with Crippen LogP contribution in [0.25, 0.3) is 0 Å². The maximum absolute atomic E-state index is 12.4. The molecule has 0 spiro atoms. The zero-order valence-electron chi connectivity index (χ0n) is 13.1. The molecule has 0 amide bonds. The Kier molecular flexibility index (Phi) is 2.62. The first-order valence-corrected chi connectivity index (χ1v) is 8.35. The molecule has 21 heavy (non-hydrogen) atoms. The second kappa shape index (κ2) is 4.12. The Balaban J connectivity index is 1.75. The van der Waals surface area contributed by atoms with Crippen molar-refractivity contribution in [3.8, 4) is 0 Å². The van der Waals surface area contributed by atoms with E-state index in [0.29, 0.717) is 23.5 Å².